The normalized spacial score (nSPS) is 22.3. The lowest BCUT2D eigenvalue weighted by Gasteiger charge is -2.46. The molecule has 0 aliphatic carbocycles. The van der Waals surface area contributed by atoms with Crippen LogP contribution in [0.3, 0.4) is 0 Å². The summed E-state index contributed by atoms with van der Waals surface area (Å²) in [5, 5.41) is 87.9. The van der Waals surface area contributed by atoms with Crippen LogP contribution in [0.4, 0.5) is 0 Å². The molecule has 9 N–H and O–H groups in total. The molecule has 0 aromatic carbocycles. The number of carbonyl (C=O) groups is 1. The summed E-state index contributed by atoms with van der Waals surface area (Å²) in [6.45, 7) is 2.76. The summed E-state index contributed by atoms with van der Waals surface area (Å²) in [4.78, 5) is 13.4. The third kappa shape index (κ3) is 53.6. The van der Waals surface area contributed by atoms with Crippen LogP contribution in [0.1, 0.15) is 328 Å². The topological polar surface area (TPSA) is 228 Å². The highest BCUT2D eigenvalue weighted by molar-refractivity contribution is 5.76. The van der Waals surface area contributed by atoms with Gasteiger partial charge in [-0.1, -0.05) is 359 Å². The molecule has 103 heavy (non-hydrogen) atoms. The maximum atomic E-state index is 13.4. The number of ether oxygens (including phenoxy) is 4. The summed E-state index contributed by atoms with van der Waals surface area (Å²) >= 11 is 0. The van der Waals surface area contributed by atoms with Gasteiger partial charge >= 0.3 is 0 Å². The Morgan fingerprint density at radius 2 is 0.670 bits per heavy atom. The Morgan fingerprint density at radius 3 is 1.02 bits per heavy atom. The zero-order chi connectivity index (χ0) is 74.4. The second-order valence-corrected chi connectivity index (χ2v) is 28.9. The van der Waals surface area contributed by atoms with Crippen molar-refractivity contribution in [1.29, 1.82) is 0 Å². The van der Waals surface area contributed by atoms with Gasteiger partial charge in [0.25, 0.3) is 0 Å². The minimum atomic E-state index is -1.79. The van der Waals surface area contributed by atoms with Crippen molar-refractivity contribution in [2.45, 2.75) is 402 Å². The van der Waals surface area contributed by atoms with Gasteiger partial charge in [-0.15, -0.1) is 0 Å². The molecule has 2 saturated heterocycles. The van der Waals surface area contributed by atoms with E-state index in [1.807, 2.05) is 0 Å². The van der Waals surface area contributed by atoms with E-state index in [9.17, 15) is 45.6 Å². The number of aliphatic hydroxyl groups excluding tert-OH is 8. The molecule has 0 saturated carbocycles. The Balaban J connectivity index is 1.63. The van der Waals surface area contributed by atoms with Gasteiger partial charge in [-0.2, -0.15) is 0 Å². The van der Waals surface area contributed by atoms with Gasteiger partial charge in [-0.25, -0.2) is 0 Å². The molecular formula is C89H153NO13. The zero-order valence-corrected chi connectivity index (χ0v) is 65.0. The van der Waals surface area contributed by atoms with Crippen LogP contribution in [0, 0.1) is 0 Å². The fourth-order valence-electron chi connectivity index (χ4n) is 13.1. The van der Waals surface area contributed by atoms with E-state index < -0.39 is 86.8 Å². The molecule has 2 heterocycles. The van der Waals surface area contributed by atoms with Gasteiger partial charge in [0.2, 0.25) is 5.91 Å². The van der Waals surface area contributed by atoms with E-state index in [2.05, 4.69) is 153 Å². The summed E-state index contributed by atoms with van der Waals surface area (Å²) in [6.07, 6.45) is 89.2. The quantitative estimate of drug-likeness (QED) is 0.0204. The van der Waals surface area contributed by atoms with E-state index in [0.717, 1.165) is 116 Å². The van der Waals surface area contributed by atoms with Crippen molar-refractivity contribution < 1.29 is 64.6 Å². The summed E-state index contributed by atoms with van der Waals surface area (Å²) < 4.78 is 23.0. The van der Waals surface area contributed by atoms with E-state index >= 15 is 0 Å². The van der Waals surface area contributed by atoms with E-state index in [0.29, 0.717) is 12.8 Å². The molecule has 2 aliphatic rings. The Labute approximate surface area is 628 Å². The van der Waals surface area contributed by atoms with Crippen molar-refractivity contribution in [3.05, 3.63) is 134 Å². The highest BCUT2D eigenvalue weighted by Gasteiger charge is 2.51. The molecule has 2 aliphatic heterocycles. The Kier molecular flexibility index (Phi) is 65.7. The maximum Gasteiger partial charge on any atom is 0.220 e. The third-order valence-corrected chi connectivity index (χ3v) is 19.6. The van der Waals surface area contributed by atoms with Crippen LogP contribution >= 0.6 is 0 Å². The lowest BCUT2D eigenvalue weighted by Crippen LogP contribution is -2.65. The number of hydrogen-bond acceptors (Lipinski definition) is 13. The number of amides is 1. The number of nitrogens with one attached hydrogen (secondary N) is 1. The fraction of sp³-hybridized carbons (Fsp3) is 0.742. The summed E-state index contributed by atoms with van der Waals surface area (Å²) in [6, 6.07) is -0.860. The monoisotopic (exact) mass is 1440 g/mol. The number of allylic oxidation sites excluding steroid dienone is 22. The molecular weight excluding hydrogens is 1290 g/mol. The third-order valence-electron chi connectivity index (χ3n) is 19.6. The van der Waals surface area contributed by atoms with Crippen molar-refractivity contribution in [2.75, 3.05) is 19.8 Å². The van der Waals surface area contributed by atoms with Crippen molar-refractivity contribution >= 4 is 5.91 Å². The molecule has 12 atom stereocenters. The van der Waals surface area contributed by atoms with Crippen LogP contribution in [0.15, 0.2) is 134 Å². The lowest BCUT2D eigenvalue weighted by molar-refractivity contribution is -0.359. The van der Waals surface area contributed by atoms with E-state index in [1.54, 1.807) is 0 Å². The van der Waals surface area contributed by atoms with Crippen molar-refractivity contribution in [3.8, 4) is 0 Å². The van der Waals surface area contributed by atoms with Crippen LogP contribution in [-0.2, 0) is 23.7 Å². The Morgan fingerprint density at radius 1 is 0.359 bits per heavy atom. The standard InChI is InChI=1S/C89H153NO13/c1-3-5-7-9-11-13-15-17-19-21-23-25-27-29-31-33-35-37-38-39-40-41-43-45-47-49-51-53-55-57-59-61-63-65-67-69-71-73-81(94)90-77(76-100-88-86(99)84(97)87(80(75-92)102-88)103-89-85(98)83(96)82(95)79(74-91)101-89)78(93)72-70-68-66-64-62-60-58-56-54-52-50-48-46-44-42-36-34-32-30-28-26-24-22-20-18-16-14-12-10-8-6-4-2/h5,7,11,13,17,19,23,25,29,31,35,37,39-40,43,45,49,51,55,57,61,63,77-80,82-89,91-93,95-99H,3-4,6,8-10,12,14-16,18,20-22,24,26-28,30,32-34,36,38,41-42,44,46-48,50,52-54,56,58-60,62,64-76H2,1-2H3,(H,90,94)/b7-5-,13-11-,19-17-,25-23-,31-29-,37-35-,40-39-,45-43-,51-49-,57-55-,63-61-. The highest BCUT2D eigenvalue weighted by Crippen LogP contribution is 2.30. The first-order valence-corrected chi connectivity index (χ1v) is 41.9. The molecule has 0 aromatic rings. The second kappa shape index (κ2) is 71.1. The molecule has 2 fully saturated rings. The van der Waals surface area contributed by atoms with Crippen LogP contribution in [0.25, 0.3) is 0 Å². The lowest BCUT2D eigenvalue weighted by atomic mass is 9.97. The molecule has 12 unspecified atom stereocenters. The van der Waals surface area contributed by atoms with Gasteiger partial charge in [0.15, 0.2) is 12.6 Å². The molecule has 0 bridgehead atoms. The number of hydrogen-bond donors (Lipinski definition) is 9. The minimum Gasteiger partial charge on any atom is -0.394 e. The molecule has 14 heteroatoms. The van der Waals surface area contributed by atoms with Crippen LogP contribution in [0.5, 0.6) is 0 Å². The number of rotatable bonds is 69. The summed E-state index contributed by atoms with van der Waals surface area (Å²) in [7, 11) is 0. The van der Waals surface area contributed by atoms with E-state index in [-0.39, 0.29) is 18.9 Å². The Bertz CT molecular complexity index is 2250. The maximum absolute atomic E-state index is 13.4. The SMILES string of the molecule is CC/C=C\C/C=C\C/C=C\C/C=C\C/C=C\C/C=C\C/C=C\C/C=C\C/C=C\C/C=C\C/C=C\CCCCCC(=O)NC(COC1OC(CO)C(OC2OC(CO)C(O)C(O)C2O)C(O)C1O)C(O)CCCCCCCCCCCCCCCCCCCCCCCCCCCCCCCCCC. The van der Waals surface area contributed by atoms with Gasteiger partial charge in [-0.3, -0.25) is 4.79 Å². The average Bonchev–Trinajstić information content (AvgIpc) is 0.791. The van der Waals surface area contributed by atoms with Gasteiger partial charge in [-0.05, 0) is 96.3 Å². The van der Waals surface area contributed by atoms with Gasteiger partial charge in [0, 0.05) is 6.42 Å². The molecule has 0 radical (unpaired) electrons. The first-order chi connectivity index (χ1) is 50.6. The van der Waals surface area contributed by atoms with Gasteiger partial charge in [0.05, 0.1) is 32.0 Å². The largest absolute Gasteiger partial charge is 0.394 e. The summed E-state index contributed by atoms with van der Waals surface area (Å²) in [5.41, 5.74) is 0. The predicted molar refractivity (Wildman–Crippen MR) is 428 cm³/mol. The first kappa shape index (κ1) is 95.2. The predicted octanol–water partition coefficient (Wildman–Crippen LogP) is 19.7. The second-order valence-electron chi connectivity index (χ2n) is 28.9. The smallest absolute Gasteiger partial charge is 0.220 e. The number of carbonyl (C=O) groups excluding carboxylic acids is 1. The molecule has 1 amide bonds. The molecule has 0 spiro atoms. The molecule has 592 valence electrons. The van der Waals surface area contributed by atoms with Crippen LogP contribution in [-0.4, -0.2) is 140 Å². The molecule has 2 rings (SSSR count). The summed E-state index contributed by atoms with van der Waals surface area (Å²) in [5.74, 6) is -0.239. The van der Waals surface area contributed by atoms with Gasteiger partial charge in [0.1, 0.15) is 48.8 Å². The molecule has 0 aromatic heterocycles. The fourth-order valence-corrected chi connectivity index (χ4v) is 13.1. The average molecular weight is 1450 g/mol. The minimum absolute atomic E-state index is 0.239. The Hall–Kier alpha value is -3.87. The van der Waals surface area contributed by atoms with Crippen molar-refractivity contribution in [3.63, 3.8) is 0 Å². The highest BCUT2D eigenvalue weighted by atomic mass is 16.7. The number of aliphatic hydroxyl groups is 8. The van der Waals surface area contributed by atoms with E-state index in [1.165, 1.54) is 180 Å². The number of unbranched alkanes of at least 4 members (excludes halogenated alkanes) is 34. The first-order valence-electron chi connectivity index (χ1n) is 41.9. The van der Waals surface area contributed by atoms with Crippen molar-refractivity contribution in [1.82, 2.24) is 5.32 Å². The van der Waals surface area contributed by atoms with Crippen LogP contribution in [0.2, 0.25) is 0 Å². The zero-order valence-electron chi connectivity index (χ0n) is 65.0. The molecule has 14 nitrogen and oxygen atoms in total. The van der Waals surface area contributed by atoms with Crippen molar-refractivity contribution in [2.24, 2.45) is 0 Å². The van der Waals surface area contributed by atoms with Crippen LogP contribution < -0.4 is 5.32 Å². The van der Waals surface area contributed by atoms with E-state index in [4.69, 9.17) is 18.9 Å². The van der Waals surface area contributed by atoms with Gasteiger partial charge < -0.3 is 65.1 Å².